The van der Waals surface area contributed by atoms with Crippen molar-refractivity contribution in [3.05, 3.63) is 12.2 Å². The van der Waals surface area contributed by atoms with E-state index in [0.29, 0.717) is 25.7 Å². The molecule has 132 valence electrons. The molecule has 0 bridgehead atoms. The fourth-order valence-corrected chi connectivity index (χ4v) is 3.19. The number of carboxylic acids is 1. The van der Waals surface area contributed by atoms with Gasteiger partial charge in [0.25, 0.3) is 0 Å². The highest BCUT2D eigenvalue weighted by Crippen LogP contribution is 2.34. The van der Waals surface area contributed by atoms with Gasteiger partial charge in [0, 0.05) is 24.7 Å². The van der Waals surface area contributed by atoms with E-state index >= 15 is 0 Å². The molecule has 0 amide bonds. The van der Waals surface area contributed by atoms with E-state index in [9.17, 15) is 19.8 Å². The second-order valence-electron chi connectivity index (χ2n) is 6.51. The molecule has 5 heteroatoms. The van der Waals surface area contributed by atoms with Gasteiger partial charge >= 0.3 is 5.97 Å². The normalized spacial score (nSPS) is 26.0. The van der Waals surface area contributed by atoms with Crippen LogP contribution in [0.5, 0.6) is 0 Å². The number of unbranched alkanes of at least 4 members (excludes halogenated alkanes) is 3. The molecule has 0 radical (unpaired) electrons. The van der Waals surface area contributed by atoms with Crippen LogP contribution in [0.15, 0.2) is 12.2 Å². The van der Waals surface area contributed by atoms with Crippen molar-refractivity contribution in [3.63, 3.8) is 0 Å². The van der Waals surface area contributed by atoms with Crippen LogP contribution in [-0.4, -0.2) is 39.3 Å². The topological polar surface area (TPSA) is 94.8 Å². The van der Waals surface area contributed by atoms with Gasteiger partial charge in [-0.1, -0.05) is 44.8 Å². The lowest BCUT2D eigenvalue weighted by Gasteiger charge is -2.18. The molecule has 23 heavy (non-hydrogen) atoms. The highest BCUT2D eigenvalue weighted by atomic mass is 16.4. The zero-order valence-corrected chi connectivity index (χ0v) is 14.0. The molecular weight excluding hydrogens is 296 g/mol. The lowest BCUT2D eigenvalue weighted by Crippen LogP contribution is -2.19. The molecule has 0 aromatic rings. The van der Waals surface area contributed by atoms with E-state index < -0.39 is 18.2 Å². The largest absolute Gasteiger partial charge is 0.481 e. The van der Waals surface area contributed by atoms with Crippen molar-refractivity contribution < 1.29 is 24.9 Å². The number of carboxylic acid groups (broad SMARTS) is 1. The van der Waals surface area contributed by atoms with Crippen molar-refractivity contribution in [2.75, 3.05) is 0 Å². The molecule has 0 aromatic carbocycles. The van der Waals surface area contributed by atoms with Crippen molar-refractivity contribution in [2.45, 2.75) is 76.9 Å². The summed E-state index contributed by atoms with van der Waals surface area (Å²) in [6.07, 6.45) is 8.20. The Bertz CT molecular complexity index is 404. The monoisotopic (exact) mass is 326 g/mol. The fraction of sp³-hybridized carbons (Fsp3) is 0.778. The van der Waals surface area contributed by atoms with Crippen molar-refractivity contribution >= 4 is 11.8 Å². The van der Waals surface area contributed by atoms with E-state index in [2.05, 4.69) is 6.92 Å². The maximum atomic E-state index is 12.0. The van der Waals surface area contributed by atoms with E-state index in [1.165, 1.54) is 0 Å². The molecule has 5 nitrogen and oxygen atoms in total. The van der Waals surface area contributed by atoms with Crippen molar-refractivity contribution in [2.24, 2.45) is 11.8 Å². The Hall–Kier alpha value is -1.20. The minimum absolute atomic E-state index is 0.0444. The van der Waals surface area contributed by atoms with E-state index in [0.717, 1.165) is 19.3 Å². The maximum absolute atomic E-state index is 12.0. The molecule has 0 unspecified atom stereocenters. The maximum Gasteiger partial charge on any atom is 0.303 e. The predicted octanol–water partition coefficient (Wildman–Crippen LogP) is 2.69. The number of rotatable bonds is 11. The Morgan fingerprint density at radius 2 is 2.04 bits per heavy atom. The molecule has 0 spiro atoms. The predicted molar refractivity (Wildman–Crippen MR) is 88.0 cm³/mol. The molecule has 0 heterocycles. The van der Waals surface area contributed by atoms with Gasteiger partial charge in [-0.05, 0) is 19.3 Å². The number of ketones is 1. The first-order chi connectivity index (χ1) is 11.0. The quantitative estimate of drug-likeness (QED) is 0.401. The summed E-state index contributed by atoms with van der Waals surface area (Å²) in [7, 11) is 0. The number of aliphatic hydroxyl groups is 2. The van der Waals surface area contributed by atoms with Crippen LogP contribution < -0.4 is 0 Å². The third-order valence-electron chi connectivity index (χ3n) is 4.55. The van der Waals surface area contributed by atoms with Crippen molar-refractivity contribution in [1.29, 1.82) is 0 Å². The smallest absolute Gasteiger partial charge is 0.303 e. The first kappa shape index (κ1) is 19.8. The second-order valence-corrected chi connectivity index (χ2v) is 6.51. The molecule has 0 aromatic heterocycles. The van der Waals surface area contributed by atoms with Crippen LogP contribution in [-0.2, 0) is 9.59 Å². The van der Waals surface area contributed by atoms with Crippen LogP contribution in [0.4, 0.5) is 0 Å². The molecular formula is C18H30O5. The van der Waals surface area contributed by atoms with E-state index in [1.807, 2.05) is 0 Å². The lowest BCUT2D eigenvalue weighted by atomic mass is 9.88. The number of carbonyl (C=O) groups excluding carboxylic acids is 1. The second kappa shape index (κ2) is 10.6. The van der Waals surface area contributed by atoms with Gasteiger partial charge in [-0.25, -0.2) is 0 Å². The Morgan fingerprint density at radius 3 is 2.70 bits per heavy atom. The van der Waals surface area contributed by atoms with Gasteiger partial charge in [0.15, 0.2) is 0 Å². The Balaban J connectivity index is 2.48. The highest BCUT2D eigenvalue weighted by Gasteiger charge is 2.39. The molecule has 1 saturated carbocycles. The van der Waals surface area contributed by atoms with Gasteiger partial charge in [-0.2, -0.15) is 0 Å². The number of carbonyl (C=O) groups is 2. The molecule has 1 rings (SSSR count). The van der Waals surface area contributed by atoms with Crippen LogP contribution in [0.1, 0.15) is 64.7 Å². The SMILES string of the molecule is CCCCC[C@@H](O)/C=C/[C@@H]1[C@H](O)CC(=O)[C@@H]1CCCCC(=O)O. The van der Waals surface area contributed by atoms with Gasteiger partial charge in [-0.15, -0.1) is 0 Å². The van der Waals surface area contributed by atoms with E-state index in [4.69, 9.17) is 5.11 Å². The minimum atomic E-state index is -0.825. The molecule has 3 N–H and O–H groups in total. The average molecular weight is 326 g/mol. The Labute approximate surface area is 138 Å². The Morgan fingerprint density at radius 1 is 1.30 bits per heavy atom. The fourth-order valence-electron chi connectivity index (χ4n) is 3.19. The summed E-state index contributed by atoms with van der Waals surface area (Å²) in [5.74, 6) is -1.29. The van der Waals surface area contributed by atoms with Gasteiger partial charge in [-0.3, -0.25) is 9.59 Å². The van der Waals surface area contributed by atoms with Crippen LogP contribution >= 0.6 is 0 Å². The standard InChI is InChI=1S/C18H30O5/c1-2-3-4-7-13(19)10-11-15-14(16(20)12-17(15)21)8-5-6-9-18(22)23/h10-11,13-15,17,19,21H,2-9,12H2,1H3,(H,22,23)/b11-10+/t13-,14-,15+,17-/m1/s1. The first-order valence-corrected chi connectivity index (χ1v) is 8.74. The minimum Gasteiger partial charge on any atom is -0.481 e. The number of Topliss-reactive ketones (excluding diaryl/α,β-unsaturated/α-hetero) is 1. The van der Waals surface area contributed by atoms with Crippen molar-refractivity contribution in [3.8, 4) is 0 Å². The number of hydrogen-bond acceptors (Lipinski definition) is 4. The molecule has 0 aliphatic heterocycles. The number of hydrogen-bond donors (Lipinski definition) is 3. The van der Waals surface area contributed by atoms with Gasteiger partial charge in [0.2, 0.25) is 0 Å². The summed E-state index contributed by atoms with van der Waals surface area (Å²) >= 11 is 0. The summed E-state index contributed by atoms with van der Waals surface area (Å²) in [6, 6.07) is 0. The molecule has 1 aliphatic rings. The number of aliphatic carboxylic acids is 1. The molecule has 1 aliphatic carbocycles. The van der Waals surface area contributed by atoms with Crippen molar-refractivity contribution in [1.82, 2.24) is 0 Å². The van der Waals surface area contributed by atoms with Crippen LogP contribution in [0, 0.1) is 11.8 Å². The zero-order chi connectivity index (χ0) is 17.2. The zero-order valence-electron chi connectivity index (χ0n) is 14.0. The third kappa shape index (κ3) is 7.27. The highest BCUT2D eigenvalue weighted by molar-refractivity contribution is 5.84. The summed E-state index contributed by atoms with van der Waals surface area (Å²) in [5.41, 5.74) is 0. The summed E-state index contributed by atoms with van der Waals surface area (Å²) in [4.78, 5) is 22.5. The lowest BCUT2D eigenvalue weighted by molar-refractivity contribution is -0.137. The van der Waals surface area contributed by atoms with Gasteiger partial charge in [0.05, 0.1) is 12.2 Å². The summed E-state index contributed by atoms with van der Waals surface area (Å²) < 4.78 is 0. The summed E-state index contributed by atoms with van der Waals surface area (Å²) in [5, 5.41) is 28.6. The average Bonchev–Trinajstić information content (AvgIpc) is 2.75. The van der Waals surface area contributed by atoms with E-state index in [-0.39, 0.29) is 30.5 Å². The first-order valence-electron chi connectivity index (χ1n) is 8.74. The Kier molecular flexibility index (Phi) is 9.10. The molecule has 0 saturated heterocycles. The summed E-state index contributed by atoms with van der Waals surface area (Å²) in [6.45, 7) is 2.11. The van der Waals surface area contributed by atoms with Gasteiger partial charge in [0.1, 0.15) is 5.78 Å². The van der Waals surface area contributed by atoms with Gasteiger partial charge < -0.3 is 15.3 Å². The number of aliphatic hydroxyl groups excluding tert-OH is 2. The van der Waals surface area contributed by atoms with Crippen LogP contribution in [0.2, 0.25) is 0 Å². The van der Waals surface area contributed by atoms with E-state index in [1.54, 1.807) is 12.2 Å². The molecule has 1 fully saturated rings. The molecule has 4 atom stereocenters. The third-order valence-corrected chi connectivity index (χ3v) is 4.55. The van der Waals surface area contributed by atoms with Crippen LogP contribution in [0.25, 0.3) is 0 Å². The van der Waals surface area contributed by atoms with Crippen LogP contribution in [0.3, 0.4) is 0 Å².